The van der Waals surface area contributed by atoms with Gasteiger partial charge in [-0.2, -0.15) is 10.2 Å². The van der Waals surface area contributed by atoms with Crippen LogP contribution in [-0.2, 0) is 7.05 Å². The minimum absolute atomic E-state index is 0.690. The van der Waals surface area contributed by atoms with Gasteiger partial charge in [0.05, 0.1) is 11.9 Å². The van der Waals surface area contributed by atoms with Gasteiger partial charge >= 0.3 is 0 Å². The maximum atomic E-state index is 4.47. The molecule has 3 aromatic heterocycles. The zero-order chi connectivity index (χ0) is 15.6. The molecule has 0 aliphatic heterocycles. The van der Waals surface area contributed by atoms with Crippen LogP contribution in [-0.4, -0.2) is 29.9 Å². The Morgan fingerprint density at radius 3 is 2.43 bits per heavy atom. The van der Waals surface area contributed by atoms with E-state index in [4.69, 9.17) is 0 Å². The normalized spacial score (nSPS) is 10.8. The number of H-pyrrole nitrogens is 1. The Kier molecular flexibility index (Phi) is 3.20. The molecule has 0 saturated heterocycles. The molecule has 0 aliphatic rings. The lowest BCUT2D eigenvalue weighted by Gasteiger charge is -2.03. The van der Waals surface area contributed by atoms with Gasteiger partial charge in [0, 0.05) is 54.1 Å². The molecule has 0 spiro atoms. The van der Waals surface area contributed by atoms with E-state index >= 15 is 0 Å². The highest BCUT2D eigenvalue weighted by Gasteiger charge is 2.07. The summed E-state index contributed by atoms with van der Waals surface area (Å²) in [5.41, 5.74) is 4.85. The molecule has 0 radical (unpaired) electrons. The number of nitrogens with one attached hydrogen (secondary N) is 1. The van der Waals surface area contributed by atoms with E-state index in [1.54, 1.807) is 23.3 Å². The summed E-state index contributed by atoms with van der Waals surface area (Å²) in [5.74, 6) is 0.690. The summed E-state index contributed by atoms with van der Waals surface area (Å²) in [6.07, 6.45) is 9.11. The van der Waals surface area contributed by atoms with Gasteiger partial charge in [0.1, 0.15) is 0 Å². The molecule has 1 aromatic carbocycles. The molecule has 0 bridgehead atoms. The molecule has 112 valence electrons. The molecule has 0 saturated carbocycles. The average molecular weight is 302 g/mol. The molecular formula is C17H14N6. The van der Waals surface area contributed by atoms with Crippen LogP contribution >= 0.6 is 0 Å². The third-order valence-electron chi connectivity index (χ3n) is 3.61. The van der Waals surface area contributed by atoms with E-state index in [1.165, 1.54) is 0 Å². The average Bonchev–Trinajstić information content (AvgIpc) is 3.27. The van der Waals surface area contributed by atoms with Gasteiger partial charge in [-0.25, -0.2) is 9.97 Å². The van der Waals surface area contributed by atoms with Crippen molar-refractivity contribution in [2.75, 3.05) is 0 Å². The molecule has 6 nitrogen and oxygen atoms in total. The van der Waals surface area contributed by atoms with Gasteiger partial charge in [0.2, 0.25) is 0 Å². The van der Waals surface area contributed by atoms with Crippen LogP contribution in [0.4, 0.5) is 0 Å². The highest BCUT2D eigenvalue weighted by atomic mass is 15.2. The summed E-state index contributed by atoms with van der Waals surface area (Å²) in [4.78, 5) is 8.93. The first-order chi connectivity index (χ1) is 11.3. The van der Waals surface area contributed by atoms with E-state index < -0.39 is 0 Å². The third-order valence-corrected chi connectivity index (χ3v) is 3.61. The largest absolute Gasteiger partial charge is 0.285 e. The van der Waals surface area contributed by atoms with Crippen molar-refractivity contribution in [2.45, 2.75) is 0 Å². The van der Waals surface area contributed by atoms with Crippen molar-refractivity contribution in [3.8, 4) is 33.8 Å². The van der Waals surface area contributed by atoms with Crippen molar-refractivity contribution in [3.05, 3.63) is 61.3 Å². The fourth-order valence-electron chi connectivity index (χ4n) is 2.42. The van der Waals surface area contributed by atoms with Crippen LogP contribution < -0.4 is 0 Å². The van der Waals surface area contributed by atoms with Gasteiger partial charge in [-0.3, -0.25) is 9.78 Å². The summed E-state index contributed by atoms with van der Waals surface area (Å²) in [7, 11) is 1.91. The second-order valence-corrected chi connectivity index (χ2v) is 5.24. The Labute approximate surface area is 132 Å². The number of benzene rings is 1. The minimum Gasteiger partial charge on any atom is -0.285 e. The number of rotatable bonds is 3. The molecule has 4 rings (SSSR count). The number of hydrogen-bond acceptors (Lipinski definition) is 4. The Bertz CT molecular complexity index is 922. The number of aryl methyl sites for hydroxylation is 1. The van der Waals surface area contributed by atoms with Gasteiger partial charge < -0.3 is 0 Å². The molecule has 0 amide bonds. The summed E-state index contributed by atoms with van der Waals surface area (Å²) in [6.45, 7) is 0. The molecule has 6 heteroatoms. The SMILES string of the molecule is Cn1ccc(-c2cccc(-c3ncc(-c4cn[nH]c4)cn3)c2)n1. The molecule has 3 heterocycles. The minimum atomic E-state index is 0.690. The van der Waals surface area contributed by atoms with Crippen LogP contribution in [0, 0.1) is 0 Å². The van der Waals surface area contributed by atoms with Crippen LogP contribution in [0.2, 0.25) is 0 Å². The fraction of sp³-hybridized carbons (Fsp3) is 0.0588. The maximum Gasteiger partial charge on any atom is 0.159 e. The van der Waals surface area contributed by atoms with Crippen LogP contribution in [0.25, 0.3) is 33.8 Å². The first-order valence-electron chi connectivity index (χ1n) is 7.21. The predicted octanol–water partition coefficient (Wildman–Crippen LogP) is 2.93. The van der Waals surface area contributed by atoms with Crippen molar-refractivity contribution in [2.24, 2.45) is 7.05 Å². The van der Waals surface area contributed by atoms with Crippen LogP contribution in [0.1, 0.15) is 0 Å². The van der Waals surface area contributed by atoms with Crippen molar-refractivity contribution >= 4 is 0 Å². The molecule has 0 atom stereocenters. The zero-order valence-corrected chi connectivity index (χ0v) is 12.5. The van der Waals surface area contributed by atoms with Crippen LogP contribution in [0.5, 0.6) is 0 Å². The van der Waals surface area contributed by atoms with Crippen molar-refractivity contribution in [1.29, 1.82) is 0 Å². The molecule has 0 aliphatic carbocycles. The molecule has 23 heavy (non-hydrogen) atoms. The highest BCUT2D eigenvalue weighted by molar-refractivity contribution is 5.68. The number of nitrogens with zero attached hydrogens (tertiary/aromatic N) is 5. The summed E-state index contributed by atoms with van der Waals surface area (Å²) in [6, 6.07) is 10.1. The Hall–Kier alpha value is -3.28. The second kappa shape index (κ2) is 5.49. The van der Waals surface area contributed by atoms with E-state index in [2.05, 4.69) is 31.3 Å². The Balaban J connectivity index is 1.68. The van der Waals surface area contributed by atoms with E-state index in [0.717, 1.165) is 27.9 Å². The lowest BCUT2D eigenvalue weighted by Crippen LogP contribution is -1.91. The van der Waals surface area contributed by atoms with Crippen molar-refractivity contribution in [1.82, 2.24) is 29.9 Å². The van der Waals surface area contributed by atoms with E-state index in [1.807, 2.05) is 43.7 Å². The fourth-order valence-corrected chi connectivity index (χ4v) is 2.42. The number of hydrogen-bond donors (Lipinski definition) is 1. The first kappa shape index (κ1) is 13.4. The quantitative estimate of drug-likeness (QED) is 0.631. The molecule has 0 unspecified atom stereocenters. The first-order valence-corrected chi connectivity index (χ1v) is 7.21. The van der Waals surface area contributed by atoms with E-state index in [9.17, 15) is 0 Å². The zero-order valence-electron chi connectivity index (χ0n) is 12.5. The summed E-state index contributed by atoms with van der Waals surface area (Å²) < 4.78 is 1.79. The summed E-state index contributed by atoms with van der Waals surface area (Å²) >= 11 is 0. The van der Waals surface area contributed by atoms with E-state index in [-0.39, 0.29) is 0 Å². The van der Waals surface area contributed by atoms with E-state index in [0.29, 0.717) is 5.82 Å². The van der Waals surface area contributed by atoms with Gasteiger partial charge in [0.25, 0.3) is 0 Å². The Morgan fingerprint density at radius 2 is 1.74 bits per heavy atom. The van der Waals surface area contributed by atoms with Crippen molar-refractivity contribution in [3.63, 3.8) is 0 Å². The lowest BCUT2D eigenvalue weighted by atomic mass is 10.1. The van der Waals surface area contributed by atoms with Crippen molar-refractivity contribution < 1.29 is 0 Å². The predicted molar refractivity (Wildman–Crippen MR) is 87.3 cm³/mol. The summed E-state index contributed by atoms with van der Waals surface area (Å²) in [5, 5.41) is 11.2. The third kappa shape index (κ3) is 2.62. The van der Waals surface area contributed by atoms with Gasteiger partial charge in [-0.15, -0.1) is 0 Å². The van der Waals surface area contributed by atoms with Gasteiger partial charge in [-0.05, 0) is 12.1 Å². The van der Waals surface area contributed by atoms with Gasteiger partial charge in [-0.1, -0.05) is 18.2 Å². The standard InChI is InChI=1S/C17H14N6/c1-23-6-5-16(22-23)12-3-2-4-13(7-12)17-18-8-14(9-19-17)15-10-20-21-11-15/h2-11H,1H3,(H,20,21). The monoisotopic (exact) mass is 302 g/mol. The topological polar surface area (TPSA) is 72.3 Å². The number of aromatic amines is 1. The lowest BCUT2D eigenvalue weighted by molar-refractivity contribution is 0.771. The van der Waals surface area contributed by atoms with Crippen LogP contribution in [0.15, 0.2) is 61.3 Å². The van der Waals surface area contributed by atoms with Gasteiger partial charge in [0.15, 0.2) is 5.82 Å². The molecule has 1 N–H and O–H groups in total. The maximum absolute atomic E-state index is 4.47. The Morgan fingerprint density at radius 1 is 0.913 bits per heavy atom. The number of aromatic nitrogens is 6. The van der Waals surface area contributed by atoms with Crippen LogP contribution in [0.3, 0.4) is 0 Å². The second-order valence-electron chi connectivity index (χ2n) is 5.24. The molecule has 0 fully saturated rings. The smallest absolute Gasteiger partial charge is 0.159 e. The highest BCUT2D eigenvalue weighted by Crippen LogP contribution is 2.24. The molecular weight excluding hydrogens is 288 g/mol. The molecule has 4 aromatic rings.